The van der Waals surface area contributed by atoms with E-state index in [1.165, 1.54) is 60.3 Å². The van der Waals surface area contributed by atoms with Gasteiger partial charge < -0.3 is 9.32 Å². The highest BCUT2D eigenvalue weighted by Crippen LogP contribution is 2.53. The molecule has 0 saturated carbocycles. The molecule has 0 aliphatic heterocycles. The van der Waals surface area contributed by atoms with Gasteiger partial charge in [0.2, 0.25) is 0 Å². The molecule has 0 amide bonds. The molecule has 1 heterocycles. The molecule has 10 aromatic carbocycles. The fraction of sp³-hybridized carbons (Fsp3) is 0.0526. The lowest BCUT2D eigenvalue weighted by molar-refractivity contribution is 0.660. The molecule has 11 aromatic rings. The number of fused-ring (bicyclic) bond motifs is 12. The van der Waals surface area contributed by atoms with E-state index in [2.05, 4.69) is 219 Å². The number of furan rings is 1. The summed E-state index contributed by atoms with van der Waals surface area (Å²) in [4.78, 5) is 2.45. The van der Waals surface area contributed by atoms with Crippen molar-refractivity contribution in [1.82, 2.24) is 0 Å². The lowest BCUT2D eigenvalue weighted by Gasteiger charge is -2.30. The number of nitrogens with zero attached hydrogens (tertiary/aromatic N) is 1. The van der Waals surface area contributed by atoms with Crippen LogP contribution in [0.2, 0.25) is 0 Å². The van der Waals surface area contributed by atoms with E-state index in [-0.39, 0.29) is 5.41 Å². The van der Waals surface area contributed by atoms with Crippen LogP contribution in [-0.4, -0.2) is 0 Å². The first-order chi connectivity index (χ1) is 29.0. The normalized spacial score (nSPS) is 13.1. The third kappa shape index (κ3) is 5.06. The summed E-state index contributed by atoms with van der Waals surface area (Å²) in [5, 5.41) is 9.41. The second-order valence-electron chi connectivity index (χ2n) is 16.4. The Morgan fingerprint density at radius 1 is 0.390 bits per heavy atom. The minimum atomic E-state index is -0.156. The Balaban J connectivity index is 1.18. The molecule has 2 nitrogen and oxygen atoms in total. The molecule has 1 aliphatic rings. The minimum absolute atomic E-state index is 0.156. The van der Waals surface area contributed by atoms with E-state index in [1.807, 2.05) is 0 Å². The van der Waals surface area contributed by atoms with Gasteiger partial charge in [-0.1, -0.05) is 172 Å². The molecule has 0 atom stereocenters. The van der Waals surface area contributed by atoms with E-state index in [9.17, 15) is 0 Å². The van der Waals surface area contributed by atoms with Crippen molar-refractivity contribution in [3.05, 3.63) is 211 Å². The van der Waals surface area contributed by atoms with Gasteiger partial charge in [-0.25, -0.2) is 0 Å². The van der Waals surface area contributed by atoms with E-state index >= 15 is 0 Å². The summed E-state index contributed by atoms with van der Waals surface area (Å²) in [7, 11) is 0. The van der Waals surface area contributed by atoms with Crippen LogP contribution in [-0.2, 0) is 5.41 Å². The molecule has 0 radical (unpaired) electrons. The lowest BCUT2D eigenvalue weighted by atomic mass is 9.82. The van der Waals surface area contributed by atoms with Gasteiger partial charge in [0.15, 0.2) is 0 Å². The average molecular weight is 754 g/mol. The number of benzene rings is 10. The summed E-state index contributed by atoms with van der Waals surface area (Å²) >= 11 is 0. The summed E-state index contributed by atoms with van der Waals surface area (Å²) in [6.07, 6.45) is 0. The first kappa shape index (κ1) is 33.7. The van der Waals surface area contributed by atoms with Crippen molar-refractivity contribution in [2.24, 2.45) is 0 Å². The van der Waals surface area contributed by atoms with E-state index < -0.39 is 0 Å². The van der Waals surface area contributed by atoms with E-state index in [0.29, 0.717) is 0 Å². The maximum absolute atomic E-state index is 7.33. The molecule has 2 heteroatoms. The van der Waals surface area contributed by atoms with Crippen LogP contribution in [0.5, 0.6) is 0 Å². The highest BCUT2D eigenvalue weighted by molar-refractivity contribution is 6.31. The van der Waals surface area contributed by atoms with Crippen LogP contribution in [0.25, 0.3) is 87.6 Å². The maximum Gasteiger partial charge on any atom is 0.145 e. The monoisotopic (exact) mass is 753 g/mol. The fourth-order valence-corrected chi connectivity index (χ4v) is 9.96. The van der Waals surface area contributed by atoms with Crippen molar-refractivity contribution < 1.29 is 4.42 Å². The van der Waals surface area contributed by atoms with Gasteiger partial charge in [-0.3, -0.25) is 0 Å². The second kappa shape index (κ2) is 12.8. The molecule has 1 aliphatic carbocycles. The molecular weight excluding hydrogens is 715 g/mol. The minimum Gasteiger partial charge on any atom is -0.455 e. The highest BCUT2D eigenvalue weighted by atomic mass is 16.3. The fourth-order valence-electron chi connectivity index (χ4n) is 9.96. The van der Waals surface area contributed by atoms with Crippen molar-refractivity contribution >= 4 is 71.3 Å². The lowest BCUT2D eigenvalue weighted by Crippen LogP contribution is -2.17. The van der Waals surface area contributed by atoms with Crippen LogP contribution in [0.3, 0.4) is 0 Å². The van der Waals surface area contributed by atoms with Gasteiger partial charge in [0.1, 0.15) is 11.2 Å². The molecule has 0 saturated heterocycles. The van der Waals surface area contributed by atoms with Gasteiger partial charge in [-0.15, -0.1) is 0 Å². The van der Waals surface area contributed by atoms with Crippen LogP contribution < -0.4 is 4.90 Å². The van der Waals surface area contributed by atoms with Crippen LogP contribution in [0.15, 0.2) is 205 Å². The van der Waals surface area contributed by atoms with E-state index in [0.717, 1.165) is 55.5 Å². The predicted octanol–water partition coefficient (Wildman–Crippen LogP) is 16.2. The second-order valence-corrected chi connectivity index (χ2v) is 16.4. The molecule has 0 spiro atoms. The van der Waals surface area contributed by atoms with Crippen LogP contribution >= 0.6 is 0 Å². The Kier molecular flexibility index (Phi) is 7.31. The molecule has 0 unspecified atom stereocenters. The van der Waals surface area contributed by atoms with Crippen molar-refractivity contribution in [2.75, 3.05) is 4.90 Å². The van der Waals surface area contributed by atoms with Gasteiger partial charge >= 0.3 is 0 Å². The molecule has 0 fully saturated rings. The Bertz CT molecular complexity index is 3460. The van der Waals surface area contributed by atoms with Crippen LogP contribution in [0.4, 0.5) is 17.1 Å². The number of hydrogen-bond acceptors (Lipinski definition) is 2. The SMILES string of the molecule is CC1(C)c2ccccc2-c2ccc(N(c3ccc(-c4ccccc4)cc3)c3ccc4c(oc5c6ccccc6c6ccccc6c45)c3-c3ccc4ccccc4c3)cc21. The maximum atomic E-state index is 7.33. The van der Waals surface area contributed by atoms with Gasteiger partial charge in [0, 0.05) is 38.5 Å². The number of hydrogen-bond donors (Lipinski definition) is 0. The number of rotatable bonds is 5. The Labute approximate surface area is 343 Å². The average Bonchev–Trinajstić information content (AvgIpc) is 3.79. The Hall–Kier alpha value is -7.42. The molecule has 278 valence electrons. The number of anilines is 3. The van der Waals surface area contributed by atoms with Crippen LogP contribution in [0, 0.1) is 0 Å². The third-order valence-electron chi connectivity index (χ3n) is 12.8. The summed E-state index contributed by atoms with van der Waals surface area (Å²) < 4.78 is 7.33. The van der Waals surface area contributed by atoms with Crippen molar-refractivity contribution in [3.63, 3.8) is 0 Å². The zero-order valence-electron chi connectivity index (χ0n) is 32.9. The first-order valence-corrected chi connectivity index (χ1v) is 20.5. The third-order valence-corrected chi connectivity index (χ3v) is 12.8. The van der Waals surface area contributed by atoms with Crippen molar-refractivity contribution in [2.45, 2.75) is 19.3 Å². The standard InChI is InChI=1S/C57H39NO/c1-57(2)50-23-13-12-20-45(50)46-31-30-42(35-51(46)57)58(41-28-26-38(27-29-41)36-14-4-3-5-15-36)52-33-32-49-54-47-21-10-8-18-43(47)44-19-9-11-22-48(44)55(54)59-56(49)53(52)40-25-24-37-16-6-7-17-39(37)34-40/h3-35H,1-2H3. The van der Waals surface area contributed by atoms with Gasteiger partial charge in [0.05, 0.1) is 5.69 Å². The van der Waals surface area contributed by atoms with Gasteiger partial charge in [-0.2, -0.15) is 0 Å². The quantitative estimate of drug-likeness (QED) is 0.163. The first-order valence-electron chi connectivity index (χ1n) is 20.5. The summed E-state index contributed by atoms with van der Waals surface area (Å²) in [6.45, 7) is 4.71. The predicted molar refractivity (Wildman–Crippen MR) is 249 cm³/mol. The van der Waals surface area contributed by atoms with E-state index in [4.69, 9.17) is 4.42 Å². The summed E-state index contributed by atoms with van der Waals surface area (Å²) in [6, 6.07) is 73.1. The van der Waals surface area contributed by atoms with Crippen molar-refractivity contribution in [3.8, 4) is 33.4 Å². The molecule has 1 aromatic heterocycles. The zero-order chi connectivity index (χ0) is 39.2. The van der Waals surface area contributed by atoms with Gasteiger partial charge in [-0.05, 0) is 108 Å². The molecule has 59 heavy (non-hydrogen) atoms. The molecule has 0 N–H and O–H groups in total. The zero-order valence-corrected chi connectivity index (χ0v) is 32.9. The smallest absolute Gasteiger partial charge is 0.145 e. The molecule has 12 rings (SSSR count). The van der Waals surface area contributed by atoms with Crippen molar-refractivity contribution in [1.29, 1.82) is 0 Å². The summed E-state index contributed by atoms with van der Waals surface area (Å²) in [5.74, 6) is 0. The molecular formula is C57H39NO. The van der Waals surface area contributed by atoms with Crippen LogP contribution in [0.1, 0.15) is 25.0 Å². The highest BCUT2D eigenvalue weighted by Gasteiger charge is 2.36. The van der Waals surface area contributed by atoms with E-state index in [1.54, 1.807) is 0 Å². The Morgan fingerprint density at radius 3 is 1.81 bits per heavy atom. The Morgan fingerprint density at radius 2 is 1.00 bits per heavy atom. The largest absolute Gasteiger partial charge is 0.455 e. The molecule has 0 bridgehead atoms. The topological polar surface area (TPSA) is 16.4 Å². The summed E-state index contributed by atoms with van der Waals surface area (Å²) in [5.41, 5.74) is 14.7. The van der Waals surface area contributed by atoms with Gasteiger partial charge in [0.25, 0.3) is 0 Å².